The molecule has 2 heterocycles. The van der Waals surface area contributed by atoms with Crippen LogP contribution in [0, 0.1) is 5.92 Å². The number of ether oxygens (including phenoxy) is 1. The van der Waals surface area contributed by atoms with Gasteiger partial charge >= 0.3 is 5.97 Å². The molecule has 7 heteroatoms. The molecule has 0 amide bonds. The number of esters is 1. The first-order valence-corrected chi connectivity index (χ1v) is 8.26. The molecule has 0 unspecified atom stereocenters. The summed E-state index contributed by atoms with van der Waals surface area (Å²) in [7, 11) is -3.36. The minimum Gasteiger partial charge on any atom is -0.459 e. The van der Waals surface area contributed by atoms with E-state index in [0.717, 1.165) is 12.8 Å². The summed E-state index contributed by atoms with van der Waals surface area (Å²) in [6.07, 6.45) is 6.87. The van der Waals surface area contributed by atoms with E-state index in [1.165, 1.54) is 6.08 Å². The Labute approximate surface area is 117 Å². The van der Waals surface area contributed by atoms with Gasteiger partial charge in [-0.25, -0.2) is 13.2 Å². The van der Waals surface area contributed by atoms with E-state index in [9.17, 15) is 13.2 Å². The van der Waals surface area contributed by atoms with Crippen LogP contribution in [0.15, 0.2) is 28.3 Å². The van der Waals surface area contributed by atoms with Gasteiger partial charge in [0.1, 0.15) is 11.9 Å². The number of carbonyl (C=O) groups is 1. The summed E-state index contributed by atoms with van der Waals surface area (Å²) in [6, 6.07) is 0. The van der Waals surface area contributed by atoms with Crippen molar-refractivity contribution >= 4 is 21.8 Å². The van der Waals surface area contributed by atoms with Crippen LogP contribution < -0.4 is 0 Å². The summed E-state index contributed by atoms with van der Waals surface area (Å²) < 4.78 is 31.8. The zero-order chi connectivity index (χ0) is 14.3. The maximum Gasteiger partial charge on any atom is 0.339 e. The fourth-order valence-electron chi connectivity index (χ4n) is 2.22. The highest BCUT2D eigenvalue weighted by Crippen LogP contribution is 2.34. The van der Waals surface area contributed by atoms with Crippen molar-refractivity contribution in [3.8, 4) is 0 Å². The first-order chi connectivity index (χ1) is 9.44. The van der Waals surface area contributed by atoms with Gasteiger partial charge in [-0.05, 0) is 37.8 Å². The molecular weight excluding hydrogens is 280 g/mol. The van der Waals surface area contributed by atoms with Crippen molar-refractivity contribution in [2.75, 3.05) is 12.3 Å². The van der Waals surface area contributed by atoms with Crippen LogP contribution in [-0.4, -0.2) is 43.5 Å². The summed E-state index contributed by atoms with van der Waals surface area (Å²) in [4.78, 5) is 13.7. The Morgan fingerprint density at radius 2 is 2.20 bits per heavy atom. The van der Waals surface area contributed by atoms with Gasteiger partial charge in [0.25, 0.3) is 10.0 Å². The monoisotopic (exact) mass is 296 g/mol. The molecule has 0 N–H and O–H groups in total. The maximum atomic E-state index is 12.0. The molecule has 3 aliphatic rings. The van der Waals surface area contributed by atoms with E-state index in [1.54, 1.807) is 17.2 Å². The van der Waals surface area contributed by atoms with E-state index < -0.39 is 10.0 Å². The molecule has 1 fully saturated rings. The van der Waals surface area contributed by atoms with Gasteiger partial charge in [-0.1, -0.05) is 0 Å². The Kier molecular flexibility index (Phi) is 3.16. The quantitative estimate of drug-likeness (QED) is 0.721. The van der Waals surface area contributed by atoms with Crippen molar-refractivity contribution < 1.29 is 17.9 Å². The Balaban J connectivity index is 1.72. The van der Waals surface area contributed by atoms with Crippen molar-refractivity contribution in [1.82, 2.24) is 4.90 Å². The molecule has 0 radical (unpaired) electrons. The summed E-state index contributed by atoms with van der Waals surface area (Å²) >= 11 is 0. The van der Waals surface area contributed by atoms with Crippen molar-refractivity contribution in [2.45, 2.75) is 25.9 Å². The number of hydrogen-bond donors (Lipinski definition) is 0. The summed E-state index contributed by atoms with van der Waals surface area (Å²) in [5, 5.41) is 0. The van der Waals surface area contributed by atoms with Crippen LogP contribution in [-0.2, 0) is 19.6 Å². The van der Waals surface area contributed by atoms with E-state index in [-0.39, 0.29) is 17.8 Å². The first kappa shape index (κ1) is 13.4. The fraction of sp³-hybridized carbons (Fsp3) is 0.538. The van der Waals surface area contributed by atoms with Crippen molar-refractivity contribution in [3.05, 3.63) is 23.9 Å². The molecule has 6 nitrogen and oxygen atoms in total. The van der Waals surface area contributed by atoms with Crippen LogP contribution >= 0.6 is 0 Å². The Hall–Kier alpha value is -1.63. The van der Waals surface area contributed by atoms with E-state index in [0.29, 0.717) is 23.9 Å². The molecule has 0 aromatic carbocycles. The largest absolute Gasteiger partial charge is 0.459 e. The van der Waals surface area contributed by atoms with E-state index >= 15 is 0 Å². The highest BCUT2D eigenvalue weighted by molar-refractivity contribution is 7.90. The van der Waals surface area contributed by atoms with Crippen LogP contribution in [0.3, 0.4) is 0 Å². The predicted molar refractivity (Wildman–Crippen MR) is 73.4 cm³/mol. The molecule has 0 aromatic rings. The molecular formula is C13H16N2O4S. The number of amidine groups is 1. The van der Waals surface area contributed by atoms with Crippen molar-refractivity contribution in [3.63, 3.8) is 0 Å². The molecule has 1 atom stereocenters. The lowest BCUT2D eigenvalue weighted by Crippen LogP contribution is -2.37. The lowest BCUT2D eigenvalue weighted by molar-refractivity contribution is -0.144. The van der Waals surface area contributed by atoms with Crippen LogP contribution in [0.5, 0.6) is 0 Å². The SMILES string of the molecule is C[C@H](OC(=O)C1=CN2CCS(=O)(=O)N=C2C=C1)C1CC1. The molecule has 108 valence electrons. The second kappa shape index (κ2) is 4.73. The van der Waals surface area contributed by atoms with Gasteiger partial charge in [0.2, 0.25) is 0 Å². The highest BCUT2D eigenvalue weighted by atomic mass is 32.2. The van der Waals surface area contributed by atoms with Crippen molar-refractivity contribution in [1.29, 1.82) is 0 Å². The molecule has 0 aromatic heterocycles. The Morgan fingerprint density at radius 3 is 2.90 bits per heavy atom. The van der Waals surface area contributed by atoms with Gasteiger partial charge in [-0.3, -0.25) is 0 Å². The average Bonchev–Trinajstić information content (AvgIpc) is 3.21. The van der Waals surface area contributed by atoms with Gasteiger partial charge in [-0.15, -0.1) is 4.40 Å². The second-order valence-corrected chi connectivity index (χ2v) is 7.05. The summed E-state index contributed by atoms with van der Waals surface area (Å²) in [5.74, 6) is 0.433. The highest BCUT2D eigenvalue weighted by Gasteiger charge is 2.32. The number of nitrogens with zero attached hydrogens (tertiary/aromatic N) is 2. The third-order valence-electron chi connectivity index (χ3n) is 3.64. The molecule has 2 aliphatic heterocycles. The number of fused-ring (bicyclic) bond motifs is 1. The first-order valence-electron chi connectivity index (χ1n) is 6.65. The maximum absolute atomic E-state index is 12.0. The van der Waals surface area contributed by atoms with Gasteiger partial charge < -0.3 is 9.64 Å². The standard InChI is InChI=1S/C13H16N2O4S/c1-9(10-2-3-10)19-13(16)11-4-5-12-14-20(17,18)7-6-15(12)8-11/h4-5,8-10H,2-3,6-7H2,1H3/t9-/m0/s1. The van der Waals surface area contributed by atoms with Crippen LogP contribution in [0.2, 0.25) is 0 Å². The Bertz CT molecular complexity index is 629. The zero-order valence-corrected chi connectivity index (χ0v) is 12.0. The number of rotatable bonds is 3. The fourth-order valence-corrected chi connectivity index (χ4v) is 3.19. The predicted octanol–water partition coefficient (Wildman–Crippen LogP) is 0.826. The van der Waals surface area contributed by atoms with Gasteiger partial charge in [0, 0.05) is 12.7 Å². The lowest BCUT2D eigenvalue weighted by Gasteiger charge is -2.27. The number of hydrogen-bond acceptors (Lipinski definition) is 5. The third-order valence-corrected chi connectivity index (χ3v) is 4.80. The van der Waals surface area contributed by atoms with Gasteiger partial charge in [0.05, 0.1) is 11.3 Å². The third kappa shape index (κ3) is 2.77. The minimum absolute atomic E-state index is 0.0400. The van der Waals surface area contributed by atoms with Gasteiger partial charge in [-0.2, -0.15) is 0 Å². The number of sulfonamides is 1. The van der Waals surface area contributed by atoms with Crippen molar-refractivity contribution in [2.24, 2.45) is 10.3 Å². The Morgan fingerprint density at radius 1 is 1.45 bits per heavy atom. The minimum atomic E-state index is -3.36. The molecule has 1 saturated carbocycles. The van der Waals surface area contributed by atoms with Crippen LogP contribution in [0.25, 0.3) is 0 Å². The zero-order valence-electron chi connectivity index (χ0n) is 11.2. The normalized spacial score (nSPS) is 25.4. The molecule has 20 heavy (non-hydrogen) atoms. The topological polar surface area (TPSA) is 76.0 Å². The summed E-state index contributed by atoms with van der Waals surface area (Å²) in [6.45, 7) is 2.21. The number of carbonyl (C=O) groups excluding carboxylic acids is 1. The molecule has 0 spiro atoms. The molecule has 1 aliphatic carbocycles. The van der Waals surface area contributed by atoms with E-state index in [2.05, 4.69) is 4.40 Å². The summed E-state index contributed by atoms with van der Waals surface area (Å²) in [5.41, 5.74) is 0.427. The van der Waals surface area contributed by atoms with E-state index in [1.807, 2.05) is 6.92 Å². The molecule has 0 bridgehead atoms. The smallest absolute Gasteiger partial charge is 0.339 e. The van der Waals surface area contributed by atoms with Gasteiger partial charge in [0.15, 0.2) is 0 Å². The van der Waals surface area contributed by atoms with Crippen LogP contribution in [0.1, 0.15) is 19.8 Å². The second-order valence-electron chi connectivity index (χ2n) is 5.29. The van der Waals surface area contributed by atoms with Crippen LogP contribution in [0.4, 0.5) is 0 Å². The van der Waals surface area contributed by atoms with E-state index in [4.69, 9.17) is 4.74 Å². The lowest BCUT2D eigenvalue weighted by atomic mass is 10.2. The molecule has 3 rings (SSSR count). The molecule has 0 saturated heterocycles. The average molecular weight is 296 g/mol.